The molecule has 0 amide bonds. The van der Waals surface area contributed by atoms with Crippen LogP contribution >= 0.6 is 12.2 Å². The van der Waals surface area contributed by atoms with E-state index in [0.717, 1.165) is 10.9 Å². The third-order valence-corrected chi connectivity index (χ3v) is 2.88. The molecule has 3 rings (SSSR count). The summed E-state index contributed by atoms with van der Waals surface area (Å²) in [5.74, 6) is 0.608. The van der Waals surface area contributed by atoms with Crippen LogP contribution in [0.25, 0.3) is 10.9 Å². The molecule has 1 aromatic carbocycles. The quantitative estimate of drug-likeness (QED) is 0.744. The Labute approximate surface area is 120 Å². The molecule has 2 aromatic heterocycles. The number of ether oxygens (including phenoxy) is 1. The number of nitrogens with zero attached hydrogens (tertiary/aromatic N) is 3. The minimum atomic E-state index is 0.200. The number of rotatable bonds is 3. The molecule has 20 heavy (non-hydrogen) atoms. The van der Waals surface area contributed by atoms with Gasteiger partial charge in [0.1, 0.15) is 16.4 Å². The van der Waals surface area contributed by atoms with E-state index in [4.69, 9.17) is 22.7 Å². The van der Waals surface area contributed by atoms with Gasteiger partial charge in [0.05, 0.1) is 5.52 Å². The molecule has 2 N–H and O–H groups in total. The normalized spacial score (nSPS) is 10.4. The molecule has 98 valence electrons. The first-order valence-electron chi connectivity index (χ1n) is 5.88. The summed E-state index contributed by atoms with van der Waals surface area (Å²) in [4.78, 5) is 12.6. The van der Waals surface area contributed by atoms with Crippen molar-refractivity contribution in [3.05, 3.63) is 54.5 Å². The predicted molar refractivity (Wildman–Crippen MR) is 79.7 cm³/mol. The zero-order valence-corrected chi connectivity index (χ0v) is 11.2. The zero-order chi connectivity index (χ0) is 13.9. The SMILES string of the molecule is NC(=S)c1ccnc(Oc2ccc3cccnc3c2)n1. The number of benzene rings is 1. The van der Waals surface area contributed by atoms with Crippen molar-refractivity contribution in [1.29, 1.82) is 0 Å². The molecule has 0 saturated carbocycles. The van der Waals surface area contributed by atoms with Crippen LogP contribution in [0.1, 0.15) is 5.69 Å². The standard InChI is InChI=1S/C14H10N4OS/c15-13(20)11-5-7-17-14(18-11)19-10-4-3-9-2-1-6-16-12(9)8-10/h1-8H,(H2,15,20). The van der Waals surface area contributed by atoms with Crippen molar-refractivity contribution in [3.63, 3.8) is 0 Å². The van der Waals surface area contributed by atoms with Crippen molar-refractivity contribution in [2.24, 2.45) is 5.73 Å². The lowest BCUT2D eigenvalue weighted by Gasteiger charge is -2.05. The molecule has 0 aliphatic carbocycles. The molecule has 0 saturated heterocycles. The zero-order valence-electron chi connectivity index (χ0n) is 10.4. The van der Waals surface area contributed by atoms with Gasteiger partial charge in [-0.3, -0.25) is 4.98 Å². The Hall–Kier alpha value is -2.60. The molecule has 0 aliphatic heterocycles. The Kier molecular flexibility index (Phi) is 3.22. The Bertz CT molecular complexity index is 791. The van der Waals surface area contributed by atoms with Crippen LogP contribution in [-0.4, -0.2) is 19.9 Å². The molecule has 6 heteroatoms. The molecule has 0 spiro atoms. The van der Waals surface area contributed by atoms with E-state index in [1.165, 1.54) is 0 Å². The fourth-order valence-corrected chi connectivity index (χ4v) is 1.86. The van der Waals surface area contributed by atoms with Gasteiger partial charge < -0.3 is 10.5 Å². The average molecular weight is 282 g/mol. The largest absolute Gasteiger partial charge is 0.424 e. The number of thiocarbonyl (C=S) groups is 1. The van der Waals surface area contributed by atoms with Crippen LogP contribution in [0, 0.1) is 0 Å². The van der Waals surface area contributed by atoms with Gasteiger partial charge in [0.25, 0.3) is 0 Å². The fourth-order valence-electron chi connectivity index (χ4n) is 1.74. The highest BCUT2D eigenvalue weighted by molar-refractivity contribution is 7.80. The number of hydrogen-bond acceptors (Lipinski definition) is 5. The lowest BCUT2D eigenvalue weighted by molar-refractivity contribution is 0.442. The van der Waals surface area contributed by atoms with Crippen molar-refractivity contribution in [2.45, 2.75) is 0 Å². The highest BCUT2D eigenvalue weighted by Gasteiger charge is 2.05. The van der Waals surface area contributed by atoms with E-state index < -0.39 is 0 Å². The molecule has 0 fully saturated rings. The van der Waals surface area contributed by atoms with Gasteiger partial charge in [-0.1, -0.05) is 18.3 Å². The Morgan fingerprint density at radius 2 is 2.00 bits per heavy atom. The summed E-state index contributed by atoms with van der Waals surface area (Å²) >= 11 is 4.87. The van der Waals surface area contributed by atoms with Crippen LogP contribution in [0.3, 0.4) is 0 Å². The van der Waals surface area contributed by atoms with E-state index in [1.807, 2.05) is 30.3 Å². The molecule has 0 radical (unpaired) electrons. The molecule has 3 aromatic rings. The van der Waals surface area contributed by atoms with E-state index in [0.29, 0.717) is 11.4 Å². The highest BCUT2D eigenvalue weighted by Crippen LogP contribution is 2.22. The molecule has 2 heterocycles. The van der Waals surface area contributed by atoms with E-state index in [9.17, 15) is 0 Å². The number of nitrogens with two attached hydrogens (primary N) is 1. The van der Waals surface area contributed by atoms with E-state index in [-0.39, 0.29) is 11.0 Å². The monoisotopic (exact) mass is 282 g/mol. The lowest BCUT2D eigenvalue weighted by Crippen LogP contribution is -2.12. The third-order valence-electron chi connectivity index (χ3n) is 2.67. The Morgan fingerprint density at radius 3 is 2.85 bits per heavy atom. The number of pyridine rings is 1. The van der Waals surface area contributed by atoms with Gasteiger partial charge in [-0.05, 0) is 24.3 Å². The van der Waals surface area contributed by atoms with Crippen LogP contribution in [-0.2, 0) is 0 Å². The summed E-state index contributed by atoms with van der Waals surface area (Å²) < 4.78 is 5.60. The molecule has 0 bridgehead atoms. The predicted octanol–water partition coefficient (Wildman–Crippen LogP) is 2.45. The molecule has 0 atom stereocenters. The van der Waals surface area contributed by atoms with Gasteiger partial charge >= 0.3 is 6.01 Å². The summed E-state index contributed by atoms with van der Waals surface area (Å²) in [7, 11) is 0. The third kappa shape index (κ3) is 2.55. The van der Waals surface area contributed by atoms with Gasteiger partial charge in [0.15, 0.2) is 0 Å². The van der Waals surface area contributed by atoms with Crippen LogP contribution in [0.2, 0.25) is 0 Å². The molecule has 5 nitrogen and oxygen atoms in total. The van der Waals surface area contributed by atoms with Crippen LogP contribution in [0.5, 0.6) is 11.8 Å². The lowest BCUT2D eigenvalue weighted by atomic mass is 10.2. The minimum absolute atomic E-state index is 0.200. The Morgan fingerprint density at radius 1 is 1.10 bits per heavy atom. The average Bonchev–Trinajstić information content (AvgIpc) is 2.47. The summed E-state index contributed by atoms with van der Waals surface area (Å²) in [5, 5.41) is 1.04. The fraction of sp³-hybridized carbons (Fsp3) is 0. The number of fused-ring (bicyclic) bond motifs is 1. The first-order valence-corrected chi connectivity index (χ1v) is 6.29. The second-order valence-electron chi connectivity index (χ2n) is 4.05. The van der Waals surface area contributed by atoms with Crippen molar-refractivity contribution < 1.29 is 4.74 Å². The second-order valence-corrected chi connectivity index (χ2v) is 4.49. The van der Waals surface area contributed by atoms with Gasteiger partial charge in [-0.15, -0.1) is 0 Å². The summed E-state index contributed by atoms with van der Waals surface area (Å²) in [6.45, 7) is 0. The maximum absolute atomic E-state index is 5.60. The molecular formula is C14H10N4OS. The second kappa shape index (κ2) is 5.18. The minimum Gasteiger partial charge on any atom is -0.424 e. The first-order chi connectivity index (χ1) is 9.72. The van der Waals surface area contributed by atoms with E-state index in [1.54, 1.807) is 18.5 Å². The topological polar surface area (TPSA) is 73.9 Å². The maximum Gasteiger partial charge on any atom is 0.322 e. The van der Waals surface area contributed by atoms with Crippen molar-refractivity contribution >= 4 is 28.1 Å². The molecular weight excluding hydrogens is 272 g/mol. The molecule has 0 unspecified atom stereocenters. The highest BCUT2D eigenvalue weighted by atomic mass is 32.1. The van der Waals surface area contributed by atoms with Crippen molar-refractivity contribution in [3.8, 4) is 11.8 Å². The van der Waals surface area contributed by atoms with E-state index in [2.05, 4.69) is 15.0 Å². The Balaban J connectivity index is 1.92. The summed E-state index contributed by atoms with van der Waals surface area (Å²) in [5.41, 5.74) is 6.84. The number of aromatic nitrogens is 3. The van der Waals surface area contributed by atoms with Crippen LogP contribution in [0.4, 0.5) is 0 Å². The first kappa shape index (κ1) is 12.4. The van der Waals surface area contributed by atoms with Gasteiger partial charge in [-0.2, -0.15) is 4.98 Å². The van der Waals surface area contributed by atoms with Gasteiger partial charge in [-0.25, -0.2) is 4.98 Å². The molecule has 0 aliphatic rings. The summed E-state index contributed by atoms with van der Waals surface area (Å²) in [6.07, 6.45) is 3.28. The van der Waals surface area contributed by atoms with Crippen LogP contribution in [0.15, 0.2) is 48.8 Å². The number of hydrogen-bond donors (Lipinski definition) is 1. The smallest absolute Gasteiger partial charge is 0.322 e. The van der Waals surface area contributed by atoms with Gasteiger partial charge in [0.2, 0.25) is 0 Å². The van der Waals surface area contributed by atoms with Crippen molar-refractivity contribution in [2.75, 3.05) is 0 Å². The maximum atomic E-state index is 5.60. The van der Waals surface area contributed by atoms with Crippen molar-refractivity contribution in [1.82, 2.24) is 15.0 Å². The van der Waals surface area contributed by atoms with Gasteiger partial charge in [0, 0.05) is 23.8 Å². The van der Waals surface area contributed by atoms with E-state index >= 15 is 0 Å². The summed E-state index contributed by atoms with van der Waals surface area (Å²) in [6, 6.07) is 11.3. The van der Waals surface area contributed by atoms with Crippen LogP contribution < -0.4 is 10.5 Å².